The minimum atomic E-state index is -0.311. The van der Waals surface area contributed by atoms with Gasteiger partial charge in [0.2, 0.25) is 5.91 Å². The van der Waals surface area contributed by atoms with Gasteiger partial charge in [-0.25, -0.2) is 4.39 Å². The number of nitrogens with zero attached hydrogens (tertiary/aromatic N) is 2. The summed E-state index contributed by atoms with van der Waals surface area (Å²) >= 11 is 0. The van der Waals surface area contributed by atoms with E-state index < -0.39 is 0 Å². The van der Waals surface area contributed by atoms with E-state index in [0.29, 0.717) is 13.0 Å². The fourth-order valence-corrected chi connectivity index (χ4v) is 3.30. The lowest BCUT2D eigenvalue weighted by Gasteiger charge is -2.42. The van der Waals surface area contributed by atoms with E-state index in [4.69, 9.17) is 0 Å². The molecule has 3 rings (SSSR count). The number of aliphatic imine (C=N–C) groups is 1. The molecular formula is C17H19FN2O. The monoisotopic (exact) mass is 286 g/mol. The quantitative estimate of drug-likeness (QED) is 0.786. The number of amides is 1. The second-order valence-corrected chi connectivity index (χ2v) is 5.68. The first-order valence-electron chi connectivity index (χ1n) is 7.36. The molecule has 0 saturated carbocycles. The SMILES string of the molecule is C=CCCC1N=C(C)C2c3cc(F)ccc3CCN2C1=O. The van der Waals surface area contributed by atoms with Crippen LogP contribution in [0.25, 0.3) is 0 Å². The maximum atomic E-state index is 13.6. The summed E-state index contributed by atoms with van der Waals surface area (Å²) in [5.74, 6) is -0.202. The smallest absolute Gasteiger partial charge is 0.248 e. The highest BCUT2D eigenvalue weighted by molar-refractivity contribution is 5.99. The molecule has 3 nitrogen and oxygen atoms in total. The summed E-state index contributed by atoms with van der Waals surface area (Å²) in [4.78, 5) is 19.0. The molecule has 4 heteroatoms. The molecule has 2 heterocycles. The Bertz CT molecular complexity index is 623. The van der Waals surface area contributed by atoms with Crippen molar-refractivity contribution in [3.63, 3.8) is 0 Å². The first-order chi connectivity index (χ1) is 10.1. The van der Waals surface area contributed by atoms with Gasteiger partial charge in [-0.05, 0) is 49.4 Å². The lowest BCUT2D eigenvalue weighted by molar-refractivity contribution is -0.135. The molecule has 2 unspecified atom stereocenters. The van der Waals surface area contributed by atoms with E-state index >= 15 is 0 Å². The Balaban J connectivity index is 1.99. The van der Waals surface area contributed by atoms with Crippen LogP contribution < -0.4 is 0 Å². The minimum Gasteiger partial charge on any atom is -0.328 e. The average Bonchev–Trinajstić information content (AvgIpc) is 2.48. The summed E-state index contributed by atoms with van der Waals surface area (Å²) < 4.78 is 13.6. The molecule has 1 aromatic rings. The number of carbonyl (C=O) groups is 1. The number of hydrogen-bond donors (Lipinski definition) is 0. The third-order valence-corrected chi connectivity index (χ3v) is 4.30. The zero-order chi connectivity index (χ0) is 15.0. The second-order valence-electron chi connectivity index (χ2n) is 5.68. The summed E-state index contributed by atoms with van der Waals surface area (Å²) in [6, 6.07) is 4.34. The first-order valence-corrected chi connectivity index (χ1v) is 7.36. The molecule has 21 heavy (non-hydrogen) atoms. The molecular weight excluding hydrogens is 267 g/mol. The highest BCUT2D eigenvalue weighted by Crippen LogP contribution is 2.35. The third kappa shape index (κ3) is 2.39. The molecule has 0 aromatic heterocycles. The van der Waals surface area contributed by atoms with Crippen molar-refractivity contribution >= 4 is 11.6 Å². The maximum absolute atomic E-state index is 13.6. The average molecular weight is 286 g/mol. The van der Waals surface area contributed by atoms with Gasteiger partial charge in [0, 0.05) is 12.3 Å². The van der Waals surface area contributed by atoms with Crippen molar-refractivity contribution in [2.45, 2.75) is 38.3 Å². The number of fused-ring (bicyclic) bond motifs is 3. The number of carbonyl (C=O) groups excluding carboxylic acids is 1. The Hall–Kier alpha value is -1.97. The van der Waals surface area contributed by atoms with Gasteiger partial charge >= 0.3 is 0 Å². The van der Waals surface area contributed by atoms with Crippen molar-refractivity contribution in [1.82, 2.24) is 4.90 Å². The van der Waals surface area contributed by atoms with Crippen molar-refractivity contribution < 1.29 is 9.18 Å². The summed E-state index contributed by atoms with van der Waals surface area (Å²) in [6.07, 6.45) is 4.06. The molecule has 2 atom stereocenters. The van der Waals surface area contributed by atoms with E-state index in [1.807, 2.05) is 24.0 Å². The van der Waals surface area contributed by atoms with Gasteiger partial charge in [-0.3, -0.25) is 9.79 Å². The number of rotatable bonds is 3. The molecule has 0 fully saturated rings. The minimum absolute atomic E-state index is 0.0577. The summed E-state index contributed by atoms with van der Waals surface area (Å²) in [6.45, 7) is 6.31. The van der Waals surface area contributed by atoms with Gasteiger partial charge in [0.15, 0.2) is 0 Å². The van der Waals surface area contributed by atoms with Gasteiger partial charge in [0.1, 0.15) is 11.9 Å². The number of benzene rings is 1. The lowest BCUT2D eigenvalue weighted by atomic mass is 9.87. The van der Waals surface area contributed by atoms with E-state index in [0.717, 1.165) is 29.7 Å². The Morgan fingerprint density at radius 3 is 3.10 bits per heavy atom. The molecule has 2 aliphatic heterocycles. The largest absolute Gasteiger partial charge is 0.328 e. The molecule has 110 valence electrons. The van der Waals surface area contributed by atoms with E-state index in [1.54, 1.807) is 6.07 Å². The van der Waals surface area contributed by atoms with Gasteiger partial charge in [0.25, 0.3) is 0 Å². The predicted molar refractivity (Wildman–Crippen MR) is 80.9 cm³/mol. The van der Waals surface area contributed by atoms with Crippen LogP contribution in [-0.4, -0.2) is 29.1 Å². The van der Waals surface area contributed by atoms with Gasteiger partial charge in [-0.1, -0.05) is 12.1 Å². The van der Waals surface area contributed by atoms with Crippen LogP contribution in [0.5, 0.6) is 0 Å². The van der Waals surface area contributed by atoms with Crippen molar-refractivity contribution in [3.8, 4) is 0 Å². The summed E-state index contributed by atoms with van der Waals surface area (Å²) in [5, 5.41) is 0. The molecule has 1 amide bonds. The van der Waals surface area contributed by atoms with Gasteiger partial charge in [-0.2, -0.15) is 0 Å². The van der Waals surface area contributed by atoms with Gasteiger partial charge in [-0.15, -0.1) is 6.58 Å². The second kappa shape index (κ2) is 5.43. The Morgan fingerprint density at radius 1 is 1.52 bits per heavy atom. The number of halogens is 1. The predicted octanol–water partition coefficient (Wildman–Crippen LogP) is 3.06. The van der Waals surface area contributed by atoms with Crippen LogP contribution in [0.4, 0.5) is 4.39 Å². The molecule has 0 bridgehead atoms. The molecule has 0 saturated heterocycles. The van der Waals surface area contributed by atoms with Gasteiger partial charge in [0.05, 0.1) is 6.04 Å². The fraction of sp³-hybridized carbons (Fsp3) is 0.412. The van der Waals surface area contributed by atoms with Crippen molar-refractivity contribution in [2.75, 3.05) is 6.54 Å². The summed E-state index contributed by atoms with van der Waals surface area (Å²) in [5.41, 5.74) is 2.90. The van der Waals surface area contributed by atoms with Crippen molar-refractivity contribution in [3.05, 3.63) is 47.8 Å². The van der Waals surface area contributed by atoms with E-state index in [-0.39, 0.29) is 23.8 Å². The first kappa shape index (κ1) is 14.0. The highest BCUT2D eigenvalue weighted by Gasteiger charge is 2.39. The topological polar surface area (TPSA) is 32.7 Å². The Morgan fingerprint density at radius 2 is 2.33 bits per heavy atom. The van der Waals surface area contributed by atoms with Gasteiger partial charge < -0.3 is 4.90 Å². The van der Waals surface area contributed by atoms with E-state index in [1.165, 1.54) is 6.07 Å². The standard InChI is InChI=1S/C17H19FN2O/c1-3-4-5-15-17(21)20-9-8-12-6-7-13(18)10-14(12)16(20)11(2)19-15/h3,6-7,10,15-16H,1,4-5,8-9H2,2H3. The van der Waals surface area contributed by atoms with Crippen LogP contribution in [0.1, 0.15) is 36.9 Å². The Labute approximate surface area is 124 Å². The molecule has 0 spiro atoms. The lowest BCUT2D eigenvalue weighted by Crippen LogP contribution is -2.50. The molecule has 0 N–H and O–H groups in total. The molecule has 0 aliphatic carbocycles. The van der Waals surface area contributed by atoms with Crippen molar-refractivity contribution in [1.29, 1.82) is 0 Å². The fourth-order valence-electron chi connectivity index (χ4n) is 3.30. The van der Waals surface area contributed by atoms with Crippen LogP contribution in [-0.2, 0) is 11.2 Å². The molecule has 0 radical (unpaired) electrons. The normalized spacial score (nSPS) is 24.2. The zero-order valence-corrected chi connectivity index (χ0v) is 12.2. The highest BCUT2D eigenvalue weighted by atomic mass is 19.1. The molecule has 2 aliphatic rings. The van der Waals surface area contributed by atoms with Crippen LogP contribution in [0.3, 0.4) is 0 Å². The van der Waals surface area contributed by atoms with E-state index in [2.05, 4.69) is 11.6 Å². The number of hydrogen-bond acceptors (Lipinski definition) is 2. The third-order valence-electron chi connectivity index (χ3n) is 4.30. The van der Waals surface area contributed by atoms with Crippen LogP contribution in [0, 0.1) is 5.82 Å². The number of allylic oxidation sites excluding steroid dienone is 1. The Kier molecular flexibility index (Phi) is 3.62. The molecule has 1 aromatic carbocycles. The van der Waals surface area contributed by atoms with Crippen LogP contribution >= 0.6 is 0 Å². The zero-order valence-electron chi connectivity index (χ0n) is 12.2. The van der Waals surface area contributed by atoms with Crippen LogP contribution in [0.2, 0.25) is 0 Å². The van der Waals surface area contributed by atoms with Crippen LogP contribution in [0.15, 0.2) is 35.8 Å². The maximum Gasteiger partial charge on any atom is 0.248 e. The van der Waals surface area contributed by atoms with E-state index in [9.17, 15) is 9.18 Å². The van der Waals surface area contributed by atoms with Crippen molar-refractivity contribution in [2.24, 2.45) is 4.99 Å². The summed E-state index contributed by atoms with van der Waals surface area (Å²) in [7, 11) is 0.